The highest BCUT2D eigenvalue weighted by Crippen LogP contribution is 2.19. The third-order valence-electron chi connectivity index (χ3n) is 7.70. The number of amides is 1. The molecule has 0 bridgehead atoms. The van der Waals surface area contributed by atoms with Crippen molar-refractivity contribution < 1.29 is 4.79 Å². The van der Waals surface area contributed by atoms with Crippen molar-refractivity contribution in [3.05, 3.63) is 30.1 Å². The second-order valence-corrected chi connectivity index (χ2v) is 10.7. The van der Waals surface area contributed by atoms with Gasteiger partial charge in [-0.2, -0.15) is 0 Å². The summed E-state index contributed by atoms with van der Waals surface area (Å²) in [6.07, 6.45) is 23.1. The molecule has 2 rings (SSSR count). The number of aryl methyl sites for hydroxylation is 2. The molecule has 0 unspecified atom stereocenters. The third-order valence-corrected chi connectivity index (χ3v) is 7.70. The average Bonchev–Trinajstić information content (AvgIpc) is 3.24. The van der Waals surface area contributed by atoms with E-state index in [2.05, 4.69) is 54.9 Å². The maximum Gasteiger partial charge on any atom is 0.223 e. The van der Waals surface area contributed by atoms with Gasteiger partial charge in [-0.25, -0.2) is 4.98 Å². The molecule has 1 aromatic carbocycles. The van der Waals surface area contributed by atoms with Crippen molar-refractivity contribution in [2.45, 2.75) is 143 Å². The lowest BCUT2D eigenvalue weighted by molar-refractivity contribution is -0.125. The number of para-hydroxylation sites is 2. The van der Waals surface area contributed by atoms with E-state index in [1.54, 1.807) is 0 Å². The summed E-state index contributed by atoms with van der Waals surface area (Å²) in [4.78, 5) is 17.2. The van der Waals surface area contributed by atoms with Gasteiger partial charge in [0.15, 0.2) is 0 Å². The zero-order valence-corrected chi connectivity index (χ0v) is 23.8. The van der Waals surface area contributed by atoms with Crippen LogP contribution in [0.1, 0.15) is 136 Å². The van der Waals surface area contributed by atoms with Crippen LogP contribution >= 0.6 is 0 Å². The second-order valence-electron chi connectivity index (χ2n) is 10.7. The van der Waals surface area contributed by atoms with Gasteiger partial charge in [0.05, 0.1) is 11.0 Å². The first-order chi connectivity index (χ1) is 17.7. The molecular formula is C32H55N3O. The molecule has 0 radical (unpaired) electrons. The van der Waals surface area contributed by atoms with Crippen LogP contribution in [-0.4, -0.2) is 22.0 Å². The molecule has 4 heteroatoms. The van der Waals surface area contributed by atoms with Crippen molar-refractivity contribution in [1.29, 1.82) is 0 Å². The van der Waals surface area contributed by atoms with Crippen LogP contribution in [0.3, 0.4) is 0 Å². The summed E-state index contributed by atoms with van der Waals surface area (Å²) in [5.41, 5.74) is 2.35. The Labute approximate surface area is 222 Å². The summed E-state index contributed by atoms with van der Waals surface area (Å²) in [5.74, 6) is 1.52. The number of aromatic nitrogens is 2. The van der Waals surface area contributed by atoms with Gasteiger partial charge in [-0.15, -0.1) is 0 Å². The number of benzene rings is 1. The molecule has 0 fully saturated rings. The number of unbranched alkanes of at least 4 members (excludes halogenated alkanes) is 13. The van der Waals surface area contributed by atoms with Crippen molar-refractivity contribution >= 4 is 16.9 Å². The van der Waals surface area contributed by atoms with Crippen molar-refractivity contribution in [3.8, 4) is 0 Å². The monoisotopic (exact) mass is 497 g/mol. The Morgan fingerprint density at radius 3 is 1.92 bits per heavy atom. The Hall–Kier alpha value is -1.84. The second kappa shape index (κ2) is 19.3. The molecule has 1 amide bonds. The van der Waals surface area contributed by atoms with Gasteiger partial charge in [-0.1, -0.05) is 116 Å². The molecule has 0 aliphatic carbocycles. The highest BCUT2D eigenvalue weighted by molar-refractivity contribution is 5.78. The number of nitrogens with zero attached hydrogens (tertiary/aromatic N) is 2. The fourth-order valence-electron chi connectivity index (χ4n) is 5.29. The van der Waals surface area contributed by atoms with E-state index in [-0.39, 0.29) is 11.8 Å². The van der Waals surface area contributed by atoms with Crippen molar-refractivity contribution in [1.82, 2.24) is 14.9 Å². The third kappa shape index (κ3) is 11.5. The van der Waals surface area contributed by atoms with Crippen molar-refractivity contribution in [3.63, 3.8) is 0 Å². The van der Waals surface area contributed by atoms with Gasteiger partial charge >= 0.3 is 0 Å². The number of rotatable bonds is 22. The molecule has 0 atom stereocenters. The topological polar surface area (TPSA) is 46.9 Å². The summed E-state index contributed by atoms with van der Waals surface area (Å²) in [5, 5.41) is 3.13. The SMILES string of the molecule is CCCCCCCCCCCCCCCCn1c(CCCNC(=O)C(CC)CC)nc2ccccc21. The molecule has 0 aliphatic heterocycles. The molecule has 4 nitrogen and oxygen atoms in total. The number of nitrogens with one attached hydrogen (secondary N) is 1. The smallest absolute Gasteiger partial charge is 0.223 e. The Morgan fingerprint density at radius 2 is 1.33 bits per heavy atom. The average molecular weight is 498 g/mol. The highest BCUT2D eigenvalue weighted by Gasteiger charge is 2.14. The number of carbonyl (C=O) groups excluding carboxylic acids is 1. The van der Waals surface area contributed by atoms with Gasteiger partial charge in [0.2, 0.25) is 5.91 Å². The number of carbonyl (C=O) groups is 1. The van der Waals surface area contributed by atoms with Crippen LogP contribution in [0.15, 0.2) is 24.3 Å². The van der Waals surface area contributed by atoms with Gasteiger partial charge < -0.3 is 9.88 Å². The minimum absolute atomic E-state index is 0.148. The summed E-state index contributed by atoms with van der Waals surface area (Å²) >= 11 is 0. The zero-order chi connectivity index (χ0) is 25.8. The highest BCUT2D eigenvalue weighted by atomic mass is 16.1. The van der Waals surface area contributed by atoms with E-state index in [1.807, 2.05) is 0 Å². The van der Waals surface area contributed by atoms with E-state index in [4.69, 9.17) is 4.98 Å². The van der Waals surface area contributed by atoms with E-state index in [0.29, 0.717) is 0 Å². The quantitative estimate of drug-likeness (QED) is 0.165. The Kier molecular flexibility index (Phi) is 16.3. The minimum atomic E-state index is 0.148. The normalized spacial score (nSPS) is 11.6. The van der Waals surface area contributed by atoms with Crippen molar-refractivity contribution in [2.75, 3.05) is 6.54 Å². The minimum Gasteiger partial charge on any atom is -0.356 e. The molecule has 1 heterocycles. The first kappa shape index (κ1) is 30.4. The summed E-state index contributed by atoms with van der Waals surface area (Å²) in [6.45, 7) is 8.25. The van der Waals surface area contributed by atoms with Crippen LogP contribution in [-0.2, 0) is 17.8 Å². The molecule has 0 saturated carbocycles. The van der Waals surface area contributed by atoms with Crippen molar-refractivity contribution in [2.24, 2.45) is 5.92 Å². The van der Waals surface area contributed by atoms with E-state index < -0.39 is 0 Å². The molecule has 0 aliphatic rings. The van der Waals surface area contributed by atoms with Crippen LogP contribution in [0.25, 0.3) is 11.0 Å². The van der Waals surface area contributed by atoms with Gasteiger partial charge in [0.25, 0.3) is 0 Å². The van der Waals surface area contributed by atoms with Gasteiger partial charge in [0.1, 0.15) is 5.82 Å². The lowest BCUT2D eigenvalue weighted by atomic mass is 10.0. The molecule has 204 valence electrons. The number of hydrogen-bond acceptors (Lipinski definition) is 2. The van der Waals surface area contributed by atoms with Crippen LogP contribution in [0, 0.1) is 5.92 Å². The number of imidazole rings is 1. The van der Waals surface area contributed by atoms with E-state index >= 15 is 0 Å². The Morgan fingerprint density at radius 1 is 0.778 bits per heavy atom. The van der Waals surface area contributed by atoms with E-state index in [1.165, 1.54) is 101 Å². The van der Waals surface area contributed by atoms with E-state index in [9.17, 15) is 4.79 Å². The predicted molar refractivity (Wildman–Crippen MR) is 155 cm³/mol. The molecular weight excluding hydrogens is 442 g/mol. The van der Waals surface area contributed by atoms with Crippen LogP contribution < -0.4 is 5.32 Å². The molecule has 36 heavy (non-hydrogen) atoms. The molecule has 1 N–H and O–H groups in total. The summed E-state index contributed by atoms with van der Waals surface area (Å²) in [7, 11) is 0. The first-order valence-corrected chi connectivity index (χ1v) is 15.4. The maximum atomic E-state index is 12.3. The first-order valence-electron chi connectivity index (χ1n) is 15.4. The number of hydrogen-bond donors (Lipinski definition) is 1. The van der Waals surface area contributed by atoms with Crippen LogP contribution in [0.5, 0.6) is 0 Å². The number of fused-ring (bicyclic) bond motifs is 1. The molecule has 2 aromatic rings. The van der Waals surface area contributed by atoms with Gasteiger partial charge in [0, 0.05) is 25.4 Å². The maximum absolute atomic E-state index is 12.3. The summed E-state index contributed by atoms with van der Waals surface area (Å²) in [6, 6.07) is 8.51. The van der Waals surface area contributed by atoms with Gasteiger partial charge in [-0.05, 0) is 37.8 Å². The van der Waals surface area contributed by atoms with E-state index in [0.717, 1.165) is 44.3 Å². The zero-order valence-electron chi connectivity index (χ0n) is 23.8. The largest absolute Gasteiger partial charge is 0.356 e. The predicted octanol–water partition coefficient (Wildman–Crippen LogP) is 9.00. The molecule has 0 spiro atoms. The lowest BCUT2D eigenvalue weighted by Gasteiger charge is -2.13. The molecule has 0 saturated heterocycles. The Bertz CT molecular complexity index is 824. The standard InChI is InChI=1S/C32H55N3O/c1-4-7-8-9-10-11-12-13-14-15-16-17-18-21-27-35-30-24-20-19-23-29(30)34-31(35)25-22-26-33-32(36)28(5-2)6-3/h19-20,23-24,28H,4-18,21-22,25-27H2,1-3H3,(H,33,36). The fraction of sp³-hybridized carbons (Fsp3) is 0.750. The lowest BCUT2D eigenvalue weighted by Crippen LogP contribution is -2.31. The van der Waals surface area contributed by atoms with Crippen LogP contribution in [0.4, 0.5) is 0 Å². The Balaban J connectivity index is 1.63. The van der Waals surface area contributed by atoms with Crippen LogP contribution in [0.2, 0.25) is 0 Å². The molecule has 1 aromatic heterocycles. The fourth-order valence-corrected chi connectivity index (χ4v) is 5.29. The summed E-state index contributed by atoms with van der Waals surface area (Å²) < 4.78 is 2.43. The van der Waals surface area contributed by atoms with Gasteiger partial charge in [-0.3, -0.25) is 4.79 Å².